The topological polar surface area (TPSA) is 95.1 Å². The molecule has 0 aromatic carbocycles. The van der Waals surface area contributed by atoms with Crippen LogP contribution in [0.3, 0.4) is 0 Å². The molecule has 0 spiro atoms. The van der Waals surface area contributed by atoms with Crippen LogP contribution in [0.5, 0.6) is 0 Å². The summed E-state index contributed by atoms with van der Waals surface area (Å²) in [5, 5.41) is 11.7. The van der Waals surface area contributed by atoms with E-state index < -0.39 is 5.97 Å². The van der Waals surface area contributed by atoms with E-state index in [1.165, 1.54) is 6.07 Å². The molecule has 0 aliphatic carbocycles. The van der Waals surface area contributed by atoms with Gasteiger partial charge in [0.05, 0.1) is 0 Å². The Balaban J connectivity index is 2.61. The van der Waals surface area contributed by atoms with Crippen LogP contribution in [0.15, 0.2) is 10.9 Å². The minimum Gasteiger partial charge on any atom is -0.481 e. The molecule has 0 aliphatic rings. The van der Waals surface area contributed by atoms with Gasteiger partial charge in [0, 0.05) is 24.4 Å². The van der Waals surface area contributed by atoms with E-state index in [4.69, 9.17) is 5.11 Å². The average molecular weight is 267 g/mol. The van der Waals surface area contributed by atoms with Gasteiger partial charge < -0.3 is 15.4 Å². The monoisotopic (exact) mass is 267 g/mol. The molecule has 0 bridgehead atoms. The molecule has 6 heteroatoms. The van der Waals surface area contributed by atoms with Gasteiger partial charge in [-0.3, -0.25) is 9.59 Å². The maximum absolute atomic E-state index is 11.5. The highest BCUT2D eigenvalue weighted by atomic mass is 16.4. The molecule has 0 saturated carbocycles. The second-order valence-electron chi connectivity index (χ2n) is 5.00. The number of aromatic nitrogens is 2. The van der Waals surface area contributed by atoms with Gasteiger partial charge in [-0.25, -0.2) is 4.98 Å². The van der Waals surface area contributed by atoms with Crippen molar-refractivity contribution in [2.75, 3.05) is 5.32 Å². The second-order valence-corrected chi connectivity index (χ2v) is 5.00. The van der Waals surface area contributed by atoms with Gasteiger partial charge in [-0.2, -0.15) is 0 Å². The molecule has 0 aliphatic heterocycles. The zero-order valence-corrected chi connectivity index (χ0v) is 11.6. The van der Waals surface area contributed by atoms with Crippen LogP contribution < -0.4 is 10.9 Å². The highest BCUT2D eigenvalue weighted by molar-refractivity contribution is 5.66. The van der Waals surface area contributed by atoms with E-state index in [9.17, 15) is 9.59 Å². The van der Waals surface area contributed by atoms with Crippen molar-refractivity contribution in [1.82, 2.24) is 9.97 Å². The Bertz CT molecular complexity index is 482. The van der Waals surface area contributed by atoms with Crippen molar-refractivity contribution in [3.63, 3.8) is 0 Å². The van der Waals surface area contributed by atoms with Crippen molar-refractivity contribution in [2.45, 2.75) is 52.0 Å². The van der Waals surface area contributed by atoms with E-state index in [2.05, 4.69) is 15.3 Å². The number of anilines is 1. The lowest BCUT2D eigenvalue weighted by atomic mass is 10.1. The molecule has 1 unspecified atom stereocenters. The predicted octanol–water partition coefficient (Wildman–Crippen LogP) is 1.95. The molecule has 1 rings (SSSR count). The van der Waals surface area contributed by atoms with Crippen molar-refractivity contribution >= 4 is 11.8 Å². The summed E-state index contributed by atoms with van der Waals surface area (Å²) < 4.78 is 0. The maximum atomic E-state index is 11.5. The highest BCUT2D eigenvalue weighted by Crippen LogP contribution is 2.11. The zero-order valence-electron chi connectivity index (χ0n) is 11.6. The third kappa shape index (κ3) is 5.54. The third-order valence-electron chi connectivity index (χ3n) is 2.73. The summed E-state index contributed by atoms with van der Waals surface area (Å²) in [5.74, 6) is 0.545. The Labute approximate surface area is 112 Å². The molecule has 1 aromatic heterocycles. The molecule has 1 aromatic rings. The van der Waals surface area contributed by atoms with Crippen LogP contribution in [0.4, 0.5) is 5.82 Å². The van der Waals surface area contributed by atoms with Crippen LogP contribution in [0.2, 0.25) is 0 Å². The standard InChI is InChI=1S/C13H21N3O3/c1-8(2)13-15-10(7-11(17)16-13)14-9(3)5-4-6-12(18)19/h7-9H,4-6H2,1-3H3,(H,18,19)(H2,14,15,16,17). The number of nitrogens with zero attached hydrogens (tertiary/aromatic N) is 1. The van der Waals surface area contributed by atoms with E-state index in [0.717, 1.165) is 6.42 Å². The van der Waals surface area contributed by atoms with E-state index in [0.29, 0.717) is 18.1 Å². The van der Waals surface area contributed by atoms with Gasteiger partial charge in [-0.05, 0) is 19.8 Å². The van der Waals surface area contributed by atoms with Crippen molar-refractivity contribution in [3.05, 3.63) is 22.2 Å². The van der Waals surface area contributed by atoms with E-state index in [1.807, 2.05) is 20.8 Å². The first kappa shape index (κ1) is 15.2. The molecule has 6 nitrogen and oxygen atoms in total. The lowest BCUT2D eigenvalue weighted by Crippen LogP contribution is -2.20. The Morgan fingerprint density at radius 3 is 2.74 bits per heavy atom. The molecule has 106 valence electrons. The quantitative estimate of drug-likeness (QED) is 0.701. The van der Waals surface area contributed by atoms with Gasteiger partial charge in [0.2, 0.25) is 0 Å². The summed E-state index contributed by atoms with van der Waals surface area (Å²) in [5.41, 5.74) is -0.182. The van der Waals surface area contributed by atoms with Crippen LogP contribution in [-0.4, -0.2) is 27.1 Å². The van der Waals surface area contributed by atoms with Gasteiger partial charge in [-0.1, -0.05) is 13.8 Å². The zero-order chi connectivity index (χ0) is 14.4. The van der Waals surface area contributed by atoms with E-state index in [-0.39, 0.29) is 23.9 Å². The van der Waals surface area contributed by atoms with Crippen LogP contribution in [0.1, 0.15) is 51.8 Å². The van der Waals surface area contributed by atoms with E-state index in [1.54, 1.807) is 0 Å². The largest absolute Gasteiger partial charge is 0.481 e. The predicted molar refractivity (Wildman–Crippen MR) is 73.5 cm³/mol. The average Bonchev–Trinajstić information content (AvgIpc) is 2.27. The summed E-state index contributed by atoms with van der Waals surface area (Å²) in [6.45, 7) is 5.86. The van der Waals surface area contributed by atoms with Crippen LogP contribution >= 0.6 is 0 Å². The van der Waals surface area contributed by atoms with Crippen LogP contribution in [0.25, 0.3) is 0 Å². The Hall–Kier alpha value is -1.85. The summed E-state index contributed by atoms with van der Waals surface area (Å²) in [7, 11) is 0. The van der Waals surface area contributed by atoms with Gasteiger partial charge in [0.1, 0.15) is 11.6 Å². The van der Waals surface area contributed by atoms with Gasteiger partial charge >= 0.3 is 5.97 Å². The molecule has 19 heavy (non-hydrogen) atoms. The van der Waals surface area contributed by atoms with Crippen LogP contribution in [-0.2, 0) is 4.79 Å². The number of aliphatic carboxylic acids is 1. The number of hydrogen-bond acceptors (Lipinski definition) is 4. The smallest absolute Gasteiger partial charge is 0.303 e. The molecule has 0 fully saturated rings. The normalized spacial score (nSPS) is 12.4. The van der Waals surface area contributed by atoms with Gasteiger partial charge in [0.25, 0.3) is 5.56 Å². The number of carbonyl (C=O) groups is 1. The highest BCUT2D eigenvalue weighted by Gasteiger charge is 2.08. The number of carboxylic acids is 1. The lowest BCUT2D eigenvalue weighted by molar-refractivity contribution is -0.137. The Kier molecular flexibility index (Phi) is 5.54. The second kappa shape index (κ2) is 6.92. The lowest BCUT2D eigenvalue weighted by Gasteiger charge is -2.15. The first-order valence-electron chi connectivity index (χ1n) is 6.48. The SMILES string of the molecule is CC(CCCC(=O)O)Nc1cc(=O)[nH]c(C(C)C)n1. The minimum atomic E-state index is -0.788. The van der Waals surface area contributed by atoms with Crippen LogP contribution in [0, 0.1) is 0 Å². The molecule has 1 heterocycles. The molecule has 3 N–H and O–H groups in total. The summed E-state index contributed by atoms with van der Waals surface area (Å²) in [4.78, 5) is 28.9. The summed E-state index contributed by atoms with van der Waals surface area (Å²) in [6.07, 6.45) is 1.48. The van der Waals surface area contributed by atoms with Gasteiger partial charge in [0.15, 0.2) is 0 Å². The Morgan fingerprint density at radius 1 is 1.47 bits per heavy atom. The van der Waals surface area contributed by atoms with Crippen molar-refractivity contribution < 1.29 is 9.90 Å². The number of aromatic amines is 1. The number of H-pyrrole nitrogens is 1. The Morgan fingerprint density at radius 2 is 2.16 bits per heavy atom. The summed E-state index contributed by atoms with van der Waals surface area (Å²) >= 11 is 0. The molecular weight excluding hydrogens is 246 g/mol. The first-order chi connectivity index (χ1) is 8.88. The molecule has 1 atom stereocenters. The number of nitrogens with one attached hydrogen (secondary N) is 2. The molecule has 0 radical (unpaired) electrons. The van der Waals surface area contributed by atoms with Crippen molar-refractivity contribution in [2.24, 2.45) is 0 Å². The fourth-order valence-corrected chi connectivity index (χ4v) is 1.71. The van der Waals surface area contributed by atoms with E-state index >= 15 is 0 Å². The fourth-order valence-electron chi connectivity index (χ4n) is 1.71. The number of hydrogen-bond donors (Lipinski definition) is 3. The molecule has 0 saturated heterocycles. The third-order valence-corrected chi connectivity index (χ3v) is 2.73. The summed E-state index contributed by atoms with van der Waals surface area (Å²) in [6, 6.07) is 1.49. The van der Waals surface area contributed by atoms with Crippen molar-refractivity contribution in [1.29, 1.82) is 0 Å². The number of rotatable bonds is 7. The fraction of sp³-hybridized carbons (Fsp3) is 0.615. The first-order valence-corrected chi connectivity index (χ1v) is 6.48. The minimum absolute atomic E-state index is 0.0775. The van der Waals surface area contributed by atoms with Crippen molar-refractivity contribution in [3.8, 4) is 0 Å². The van der Waals surface area contributed by atoms with Gasteiger partial charge in [-0.15, -0.1) is 0 Å². The maximum Gasteiger partial charge on any atom is 0.303 e. The number of carboxylic acid groups (broad SMARTS) is 1. The molecule has 0 amide bonds. The molecular formula is C13H21N3O3.